The Morgan fingerprint density at radius 2 is 1.77 bits per heavy atom. The molecule has 0 spiro atoms. The maximum atomic E-state index is 14.4. The van der Waals surface area contributed by atoms with Crippen molar-refractivity contribution in [3.63, 3.8) is 0 Å². The van der Waals surface area contributed by atoms with E-state index in [0.29, 0.717) is 6.92 Å². The quantitative estimate of drug-likeness (QED) is 0.832. The summed E-state index contributed by atoms with van der Waals surface area (Å²) in [6.45, 7) is 4.78. The zero-order valence-corrected chi connectivity index (χ0v) is 14.5. The van der Waals surface area contributed by atoms with Crippen LogP contribution in [0.3, 0.4) is 0 Å². The fraction of sp³-hybridized carbons (Fsp3) is 0.667. The fourth-order valence-corrected chi connectivity index (χ4v) is 2.98. The van der Waals surface area contributed by atoms with E-state index in [2.05, 4.69) is 15.2 Å². The van der Waals surface area contributed by atoms with E-state index >= 15 is 0 Å². The van der Waals surface area contributed by atoms with Gasteiger partial charge in [-0.25, -0.2) is 4.98 Å². The summed E-state index contributed by atoms with van der Waals surface area (Å²) in [5.74, 6) is -5.42. The summed E-state index contributed by atoms with van der Waals surface area (Å²) in [7, 11) is 0. The van der Waals surface area contributed by atoms with Crippen LogP contribution in [0.1, 0.15) is 45.4 Å². The molecule has 11 heteroatoms. The highest BCUT2D eigenvalue weighted by atomic mass is 19.4. The highest BCUT2D eigenvalue weighted by Crippen LogP contribution is 2.43. The SMILES string of the molecule is CC(C)C(F)(F)c1nnc2n1C[C@H](C)n1c-2cnc1C(C)(O)C(F)(F)F. The Balaban J connectivity index is 2.17. The number of alkyl halides is 5. The Morgan fingerprint density at radius 1 is 1.15 bits per heavy atom. The molecule has 0 saturated carbocycles. The monoisotopic (exact) mass is 379 g/mol. The lowest BCUT2D eigenvalue weighted by Gasteiger charge is -2.32. The summed E-state index contributed by atoms with van der Waals surface area (Å²) >= 11 is 0. The molecular formula is C15H18F5N5O. The zero-order chi connectivity index (χ0) is 19.7. The molecule has 3 rings (SSSR count). The highest BCUT2D eigenvalue weighted by Gasteiger charge is 2.55. The summed E-state index contributed by atoms with van der Waals surface area (Å²) in [5.41, 5.74) is -3.09. The first-order chi connectivity index (χ1) is 11.8. The van der Waals surface area contributed by atoms with Gasteiger partial charge in [-0.15, -0.1) is 10.2 Å². The second-order valence-electron chi connectivity index (χ2n) is 6.99. The van der Waals surface area contributed by atoms with Crippen LogP contribution in [0.25, 0.3) is 11.5 Å². The third kappa shape index (κ3) is 2.43. The number of nitrogens with zero attached hydrogens (tertiary/aromatic N) is 5. The molecule has 0 aliphatic carbocycles. The van der Waals surface area contributed by atoms with Crippen LogP contribution in [-0.4, -0.2) is 35.6 Å². The Bertz CT molecular complexity index is 836. The molecule has 2 atom stereocenters. The average Bonchev–Trinajstić information content (AvgIpc) is 3.09. The first-order valence-electron chi connectivity index (χ1n) is 7.98. The van der Waals surface area contributed by atoms with Gasteiger partial charge in [-0.2, -0.15) is 22.0 Å². The van der Waals surface area contributed by atoms with E-state index in [4.69, 9.17) is 0 Å². The fourth-order valence-electron chi connectivity index (χ4n) is 2.98. The van der Waals surface area contributed by atoms with Gasteiger partial charge >= 0.3 is 12.1 Å². The van der Waals surface area contributed by atoms with Crippen molar-refractivity contribution in [1.82, 2.24) is 24.3 Å². The molecule has 1 unspecified atom stereocenters. The molecule has 144 valence electrons. The number of halogens is 5. The number of imidazole rings is 1. The largest absolute Gasteiger partial charge is 0.424 e. The Morgan fingerprint density at radius 3 is 2.31 bits per heavy atom. The number of hydrogen-bond acceptors (Lipinski definition) is 4. The van der Waals surface area contributed by atoms with Crippen molar-refractivity contribution in [1.29, 1.82) is 0 Å². The number of hydrogen-bond donors (Lipinski definition) is 1. The first-order valence-corrected chi connectivity index (χ1v) is 7.98. The van der Waals surface area contributed by atoms with E-state index in [0.717, 1.165) is 6.20 Å². The predicted octanol–water partition coefficient (Wildman–Crippen LogP) is 3.23. The van der Waals surface area contributed by atoms with Crippen LogP contribution in [0.4, 0.5) is 22.0 Å². The minimum atomic E-state index is -4.95. The number of rotatable bonds is 3. The molecule has 0 aromatic carbocycles. The predicted molar refractivity (Wildman–Crippen MR) is 80.3 cm³/mol. The molecule has 1 aliphatic rings. The summed E-state index contributed by atoms with van der Waals surface area (Å²) in [5, 5.41) is 17.3. The summed E-state index contributed by atoms with van der Waals surface area (Å²) in [6.07, 6.45) is -3.86. The molecule has 26 heavy (non-hydrogen) atoms. The van der Waals surface area contributed by atoms with E-state index in [-0.39, 0.29) is 18.1 Å². The average molecular weight is 379 g/mol. The van der Waals surface area contributed by atoms with Crippen LogP contribution in [0.15, 0.2) is 6.20 Å². The third-order valence-corrected chi connectivity index (χ3v) is 4.67. The molecule has 1 aliphatic heterocycles. The van der Waals surface area contributed by atoms with Gasteiger partial charge in [0.2, 0.25) is 11.4 Å². The molecular weight excluding hydrogens is 361 g/mol. The minimum Gasteiger partial charge on any atom is -0.374 e. The molecule has 0 saturated heterocycles. The van der Waals surface area contributed by atoms with Crippen molar-refractivity contribution in [2.24, 2.45) is 5.92 Å². The Labute approximate surface area is 145 Å². The molecule has 0 bridgehead atoms. The molecule has 2 aromatic rings. The highest BCUT2D eigenvalue weighted by molar-refractivity contribution is 5.52. The maximum absolute atomic E-state index is 14.4. The molecule has 6 nitrogen and oxygen atoms in total. The van der Waals surface area contributed by atoms with Crippen molar-refractivity contribution in [3.8, 4) is 11.5 Å². The molecule has 1 N–H and O–H groups in total. The normalized spacial score (nSPS) is 20.0. The summed E-state index contributed by atoms with van der Waals surface area (Å²) < 4.78 is 70.8. The lowest BCUT2D eigenvalue weighted by Crippen LogP contribution is -2.43. The van der Waals surface area contributed by atoms with E-state index in [1.807, 2.05) is 0 Å². The molecule has 0 fully saturated rings. The summed E-state index contributed by atoms with van der Waals surface area (Å²) in [6, 6.07) is -0.665. The topological polar surface area (TPSA) is 68.8 Å². The van der Waals surface area contributed by atoms with Crippen LogP contribution >= 0.6 is 0 Å². The van der Waals surface area contributed by atoms with Gasteiger partial charge in [-0.1, -0.05) is 13.8 Å². The molecule has 0 radical (unpaired) electrons. The van der Waals surface area contributed by atoms with Crippen LogP contribution < -0.4 is 0 Å². The number of aromatic nitrogens is 5. The van der Waals surface area contributed by atoms with Crippen molar-refractivity contribution in [3.05, 3.63) is 17.8 Å². The van der Waals surface area contributed by atoms with Crippen molar-refractivity contribution in [2.45, 2.75) is 58.0 Å². The smallest absolute Gasteiger partial charge is 0.374 e. The van der Waals surface area contributed by atoms with E-state index in [1.165, 1.54) is 23.0 Å². The van der Waals surface area contributed by atoms with Crippen molar-refractivity contribution in [2.75, 3.05) is 0 Å². The molecule has 3 heterocycles. The lowest BCUT2D eigenvalue weighted by molar-refractivity contribution is -0.262. The van der Waals surface area contributed by atoms with Crippen molar-refractivity contribution >= 4 is 0 Å². The van der Waals surface area contributed by atoms with Gasteiger partial charge in [0.15, 0.2) is 11.6 Å². The maximum Gasteiger partial charge on any atom is 0.424 e. The van der Waals surface area contributed by atoms with Crippen LogP contribution in [-0.2, 0) is 18.1 Å². The molecule has 0 amide bonds. The second kappa shape index (κ2) is 5.48. The van der Waals surface area contributed by atoms with Gasteiger partial charge in [0.1, 0.15) is 5.69 Å². The third-order valence-electron chi connectivity index (χ3n) is 4.67. The van der Waals surface area contributed by atoms with Gasteiger partial charge in [-0.3, -0.25) is 0 Å². The van der Waals surface area contributed by atoms with Crippen molar-refractivity contribution < 1.29 is 27.1 Å². The summed E-state index contributed by atoms with van der Waals surface area (Å²) in [4.78, 5) is 3.72. The van der Waals surface area contributed by atoms with Gasteiger partial charge in [-0.05, 0) is 13.8 Å². The van der Waals surface area contributed by atoms with E-state index < -0.39 is 41.3 Å². The zero-order valence-electron chi connectivity index (χ0n) is 14.5. The van der Waals surface area contributed by atoms with Gasteiger partial charge in [0.25, 0.3) is 0 Å². The lowest BCUT2D eigenvalue weighted by atomic mass is 10.0. The standard InChI is InChI=1S/C15H18F5N5O/c1-7(2)14(16,17)12-23-22-10-9-5-21-11(13(4,26)15(18,19)20)25(9)8(3)6-24(10)12/h5,7-8,26H,6H2,1-4H3/t8-,13?/m0/s1. The van der Waals surface area contributed by atoms with E-state index in [1.54, 1.807) is 6.92 Å². The van der Waals surface area contributed by atoms with Gasteiger partial charge in [0, 0.05) is 12.5 Å². The second-order valence-corrected chi connectivity index (χ2v) is 6.99. The molecule has 2 aromatic heterocycles. The number of fused-ring (bicyclic) bond motifs is 3. The van der Waals surface area contributed by atoms with Gasteiger partial charge in [0.05, 0.1) is 12.2 Å². The minimum absolute atomic E-state index is 0.00449. The van der Waals surface area contributed by atoms with Crippen LogP contribution in [0, 0.1) is 5.92 Å². The Kier molecular flexibility index (Phi) is 3.95. The number of aliphatic hydroxyl groups is 1. The van der Waals surface area contributed by atoms with Crippen LogP contribution in [0.5, 0.6) is 0 Å². The first kappa shape index (κ1) is 18.7. The Hall–Kier alpha value is -2.04. The van der Waals surface area contributed by atoms with Crippen LogP contribution in [0.2, 0.25) is 0 Å². The van der Waals surface area contributed by atoms with Gasteiger partial charge < -0.3 is 14.2 Å². The van der Waals surface area contributed by atoms with E-state index in [9.17, 15) is 27.1 Å².